The van der Waals surface area contributed by atoms with Crippen molar-refractivity contribution in [3.8, 4) is 5.75 Å². The molecule has 1 aromatic carbocycles. The number of aromatic nitrogens is 2. The zero-order valence-corrected chi connectivity index (χ0v) is 12.6. The third-order valence-electron chi connectivity index (χ3n) is 3.99. The second-order valence-electron chi connectivity index (χ2n) is 5.29. The maximum atomic E-state index is 11.8. The number of ether oxygens (including phenoxy) is 1. The van der Waals surface area contributed by atoms with Crippen LogP contribution in [0.4, 0.5) is 0 Å². The van der Waals surface area contributed by atoms with E-state index in [0.717, 1.165) is 47.7 Å². The maximum absolute atomic E-state index is 11.8. The van der Waals surface area contributed by atoms with Crippen molar-refractivity contribution in [2.45, 2.75) is 46.3 Å². The Balaban J connectivity index is 1.80. The predicted molar refractivity (Wildman–Crippen MR) is 80.7 cm³/mol. The number of rotatable bonds is 5. The van der Waals surface area contributed by atoms with Crippen LogP contribution in [0.5, 0.6) is 5.75 Å². The van der Waals surface area contributed by atoms with Gasteiger partial charge in [0.25, 0.3) is 0 Å². The van der Waals surface area contributed by atoms with Crippen LogP contribution >= 0.6 is 0 Å². The zero-order valence-electron chi connectivity index (χ0n) is 12.6. The summed E-state index contributed by atoms with van der Waals surface area (Å²) in [6.45, 7) is 5.51. The van der Waals surface area contributed by atoms with E-state index in [0.29, 0.717) is 13.0 Å². The van der Waals surface area contributed by atoms with Crippen molar-refractivity contribution < 1.29 is 9.53 Å². The summed E-state index contributed by atoms with van der Waals surface area (Å²) >= 11 is 0. The minimum atomic E-state index is 0.224. The van der Waals surface area contributed by atoms with E-state index >= 15 is 0 Å². The Kier molecular flexibility index (Phi) is 3.78. The average Bonchev–Trinajstić information content (AvgIpc) is 3.09. The number of ketones is 1. The molecule has 0 spiro atoms. The average molecular weight is 284 g/mol. The fraction of sp³-hybridized carbons (Fsp3) is 0.412. The van der Waals surface area contributed by atoms with Crippen LogP contribution in [0.25, 0.3) is 0 Å². The van der Waals surface area contributed by atoms with E-state index < -0.39 is 0 Å². The minimum Gasteiger partial charge on any atom is -0.487 e. The Hall–Kier alpha value is -2.10. The first kappa shape index (κ1) is 13.9. The summed E-state index contributed by atoms with van der Waals surface area (Å²) in [7, 11) is 0. The van der Waals surface area contributed by atoms with Crippen molar-refractivity contribution in [3.05, 3.63) is 46.8 Å². The second kappa shape index (κ2) is 5.72. The number of hydrogen-bond donors (Lipinski definition) is 0. The lowest BCUT2D eigenvalue weighted by Crippen LogP contribution is -2.07. The highest BCUT2D eigenvalue weighted by atomic mass is 16.5. The SMILES string of the molecule is CCc1cc(COc2cccc3c2CCC3=O)n(CC)n1. The molecule has 1 aliphatic carbocycles. The summed E-state index contributed by atoms with van der Waals surface area (Å²) in [6, 6.07) is 7.83. The number of hydrogen-bond acceptors (Lipinski definition) is 3. The molecule has 1 heterocycles. The molecule has 1 aliphatic rings. The molecule has 21 heavy (non-hydrogen) atoms. The van der Waals surface area contributed by atoms with Crippen molar-refractivity contribution in [1.82, 2.24) is 9.78 Å². The maximum Gasteiger partial charge on any atom is 0.163 e. The molecule has 0 atom stereocenters. The van der Waals surface area contributed by atoms with Crippen LogP contribution in [-0.2, 0) is 26.0 Å². The molecule has 0 saturated carbocycles. The molecule has 0 N–H and O–H groups in total. The van der Waals surface area contributed by atoms with Crippen molar-refractivity contribution in [3.63, 3.8) is 0 Å². The zero-order chi connectivity index (χ0) is 14.8. The van der Waals surface area contributed by atoms with Gasteiger partial charge in [-0.2, -0.15) is 5.10 Å². The molecule has 110 valence electrons. The van der Waals surface area contributed by atoms with Gasteiger partial charge in [-0.1, -0.05) is 19.1 Å². The van der Waals surface area contributed by atoms with Gasteiger partial charge in [0.05, 0.1) is 11.4 Å². The summed E-state index contributed by atoms with van der Waals surface area (Å²) in [6.07, 6.45) is 2.31. The van der Waals surface area contributed by atoms with Crippen LogP contribution in [-0.4, -0.2) is 15.6 Å². The fourth-order valence-corrected chi connectivity index (χ4v) is 2.82. The number of aryl methyl sites for hydroxylation is 2. The lowest BCUT2D eigenvalue weighted by molar-refractivity contribution is 0.0994. The van der Waals surface area contributed by atoms with Crippen LogP contribution in [0, 0.1) is 0 Å². The highest BCUT2D eigenvalue weighted by Gasteiger charge is 2.22. The van der Waals surface area contributed by atoms with Crippen LogP contribution < -0.4 is 4.74 Å². The molecule has 1 aromatic heterocycles. The first-order chi connectivity index (χ1) is 10.2. The number of benzene rings is 1. The summed E-state index contributed by atoms with van der Waals surface area (Å²) in [5.74, 6) is 1.06. The summed E-state index contributed by atoms with van der Waals surface area (Å²) < 4.78 is 7.95. The van der Waals surface area contributed by atoms with Crippen LogP contribution in [0.15, 0.2) is 24.3 Å². The van der Waals surface area contributed by atoms with Gasteiger partial charge in [-0.15, -0.1) is 0 Å². The first-order valence-electron chi connectivity index (χ1n) is 7.56. The van der Waals surface area contributed by atoms with E-state index in [9.17, 15) is 4.79 Å². The molecular formula is C17H20N2O2. The van der Waals surface area contributed by atoms with Gasteiger partial charge < -0.3 is 4.74 Å². The Morgan fingerprint density at radius 1 is 1.29 bits per heavy atom. The Bertz CT molecular complexity index is 673. The molecule has 0 bridgehead atoms. The molecule has 0 aliphatic heterocycles. The van der Waals surface area contributed by atoms with Crippen molar-refractivity contribution in [2.24, 2.45) is 0 Å². The number of fused-ring (bicyclic) bond motifs is 1. The lowest BCUT2D eigenvalue weighted by atomic mass is 10.1. The summed E-state index contributed by atoms with van der Waals surface area (Å²) in [5, 5.41) is 4.53. The van der Waals surface area contributed by atoms with Crippen LogP contribution in [0.2, 0.25) is 0 Å². The molecule has 0 fully saturated rings. The minimum absolute atomic E-state index is 0.224. The topological polar surface area (TPSA) is 44.1 Å². The van der Waals surface area contributed by atoms with E-state index in [1.165, 1.54) is 0 Å². The van der Waals surface area contributed by atoms with E-state index in [2.05, 4.69) is 25.0 Å². The molecule has 4 nitrogen and oxygen atoms in total. The van der Waals surface area contributed by atoms with E-state index in [4.69, 9.17) is 4.74 Å². The van der Waals surface area contributed by atoms with Gasteiger partial charge in [0.15, 0.2) is 5.78 Å². The molecule has 2 aromatic rings. The third kappa shape index (κ3) is 2.58. The van der Waals surface area contributed by atoms with Gasteiger partial charge in [0.2, 0.25) is 0 Å². The normalized spacial score (nSPS) is 13.5. The molecule has 0 amide bonds. The fourth-order valence-electron chi connectivity index (χ4n) is 2.82. The molecule has 0 unspecified atom stereocenters. The van der Waals surface area contributed by atoms with Gasteiger partial charge in [-0.3, -0.25) is 9.48 Å². The molecule has 0 radical (unpaired) electrons. The molecule has 0 saturated heterocycles. The highest BCUT2D eigenvalue weighted by Crippen LogP contribution is 2.30. The third-order valence-corrected chi connectivity index (χ3v) is 3.99. The van der Waals surface area contributed by atoms with Crippen molar-refractivity contribution in [2.75, 3.05) is 0 Å². The number of nitrogens with zero attached hydrogens (tertiary/aromatic N) is 2. The van der Waals surface area contributed by atoms with E-state index in [1.807, 2.05) is 22.9 Å². The quantitative estimate of drug-likeness (QED) is 0.847. The van der Waals surface area contributed by atoms with Gasteiger partial charge in [0.1, 0.15) is 12.4 Å². The Labute approximate surface area is 124 Å². The lowest BCUT2D eigenvalue weighted by Gasteiger charge is -2.11. The monoisotopic (exact) mass is 284 g/mol. The van der Waals surface area contributed by atoms with Gasteiger partial charge in [-0.25, -0.2) is 0 Å². The molecule has 4 heteroatoms. The largest absolute Gasteiger partial charge is 0.487 e. The van der Waals surface area contributed by atoms with Gasteiger partial charge in [-0.05, 0) is 31.9 Å². The predicted octanol–water partition coefficient (Wildman–Crippen LogP) is 3.17. The number of Topliss-reactive ketones (excluding diaryl/α,β-unsaturated/α-hetero) is 1. The first-order valence-corrected chi connectivity index (χ1v) is 7.56. The summed E-state index contributed by atoms with van der Waals surface area (Å²) in [4.78, 5) is 11.8. The van der Waals surface area contributed by atoms with E-state index in [1.54, 1.807) is 0 Å². The van der Waals surface area contributed by atoms with Gasteiger partial charge >= 0.3 is 0 Å². The molecular weight excluding hydrogens is 264 g/mol. The molecule has 3 rings (SSSR count). The van der Waals surface area contributed by atoms with E-state index in [-0.39, 0.29) is 5.78 Å². The number of carbonyl (C=O) groups excluding carboxylic acids is 1. The smallest absolute Gasteiger partial charge is 0.163 e. The Morgan fingerprint density at radius 2 is 2.14 bits per heavy atom. The van der Waals surface area contributed by atoms with Crippen LogP contribution in [0.1, 0.15) is 47.6 Å². The standard InChI is InChI=1S/C17H20N2O2/c1-3-12-10-13(19(4-2)18-12)11-21-17-7-5-6-14-15(17)8-9-16(14)20/h5-7,10H,3-4,8-9,11H2,1-2H3. The van der Waals surface area contributed by atoms with Crippen LogP contribution in [0.3, 0.4) is 0 Å². The van der Waals surface area contributed by atoms with Gasteiger partial charge in [0, 0.05) is 24.1 Å². The number of carbonyl (C=O) groups is 1. The Morgan fingerprint density at radius 3 is 2.90 bits per heavy atom. The van der Waals surface area contributed by atoms with Crippen molar-refractivity contribution >= 4 is 5.78 Å². The highest BCUT2D eigenvalue weighted by molar-refractivity contribution is 6.01. The second-order valence-corrected chi connectivity index (χ2v) is 5.29. The summed E-state index contributed by atoms with van der Waals surface area (Å²) in [5.41, 5.74) is 4.05. The van der Waals surface area contributed by atoms with Crippen molar-refractivity contribution in [1.29, 1.82) is 0 Å².